The number of hydrogen-bond acceptors (Lipinski definition) is 5. The van der Waals surface area contributed by atoms with E-state index in [1.807, 2.05) is 37.3 Å². The largest absolute Gasteiger partial charge is 0.468 e. The van der Waals surface area contributed by atoms with E-state index in [2.05, 4.69) is 20.7 Å². The number of carbonyl (C=O) groups excluding carboxylic acids is 1. The predicted molar refractivity (Wildman–Crippen MR) is 115 cm³/mol. The fraction of sp³-hybridized carbons (Fsp3) is 0.478. The first kappa shape index (κ1) is 20.5. The Morgan fingerprint density at radius 1 is 1.23 bits per heavy atom. The van der Waals surface area contributed by atoms with Gasteiger partial charge in [-0.25, -0.2) is 4.79 Å². The summed E-state index contributed by atoms with van der Waals surface area (Å²) in [6.45, 7) is 4.78. The third-order valence-electron chi connectivity index (χ3n) is 5.80. The Hall–Kier alpha value is -2.80. The van der Waals surface area contributed by atoms with Crippen LogP contribution < -0.4 is 10.6 Å². The zero-order valence-electron chi connectivity index (χ0n) is 17.5. The zero-order valence-corrected chi connectivity index (χ0v) is 17.5. The number of rotatable bonds is 9. The lowest BCUT2D eigenvalue weighted by molar-refractivity contribution is 0.173. The summed E-state index contributed by atoms with van der Waals surface area (Å²) in [5.41, 5.74) is 2.62. The van der Waals surface area contributed by atoms with Crippen LogP contribution in [0.3, 0.4) is 0 Å². The molecule has 0 saturated heterocycles. The molecule has 7 nitrogen and oxygen atoms in total. The van der Waals surface area contributed by atoms with Crippen molar-refractivity contribution in [2.75, 3.05) is 13.1 Å². The molecule has 2 heterocycles. The van der Waals surface area contributed by atoms with Crippen LogP contribution in [0.25, 0.3) is 11.0 Å². The Morgan fingerprint density at radius 3 is 2.90 bits per heavy atom. The van der Waals surface area contributed by atoms with Crippen LogP contribution in [0, 0.1) is 6.92 Å². The van der Waals surface area contributed by atoms with Gasteiger partial charge in [-0.3, -0.25) is 4.90 Å². The summed E-state index contributed by atoms with van der Waals surface area (Å²) in [4.78, 5) is 14.7. The van der Waals surface area contributed by atoms with Gasteiger partial charge in [0.15, 0.2) is 5.58 Å². The molecule has 4 rings (SSSR count). The van der Waals surface area contributed by atoms with Gasteiger partial charge >= 0.3 is 6.03 Å². The van der Waals surface area contributed by atoms with Gasteiger partial charge in [0.25, 0.3) is 0 Å². The van der Waals surface area contributed by atoms with E-state index in [1.165, 1.54) is 25.7 Å². The lowest BCUT2D eigenvalue weighted by Gasteiger charge is -2.28. The standard InChI is InChI=1S/C23H30N4O3/c1-17-9-10-22-20(14-17)21(26-30-22)15-25-23(28)24-11-5-12-27(18-6-2-3-7-18)16-19-8-4-13-29-19/h4,8-10,13-14,18H,2-3,5-7,11-12,15-16H2,1H3,(H2,24,25,28). The molecule has 2 N–H and O–H groups in total. The number of benzene rings is 1. The minimum Gasteiger partial charge on any atom is -0.468 e. The molecule has 7 heteroatoms. The molecular weight excluding hydrogens is 380 g/mol. The Balaban J connectivity index is 1.21. The Morgan fingerprint density at radius 2 is 2.10 bits per heavy atom. The number of hydrogen-bond donors (Lipinski definition) is 2. The SMILES string of the molecule is Cc1ccc2onc(CNC(=O)NCCCN(Cc3ccco3)C3CCCC3)c2c1. The molecule has 2 aromatic heterocycles. The summed E-state index contributed by atoms with van der Waals surface area (Å²) >= 11 is 0. The van der Waals surface area contributed by atoms with Gasteiger partial charge in [-0.1, -0.05) is 29.6 Å². The van der Waals surface area contributed by atoms with E-state index in [4.69, 9.17) is 8.94 Å². The lowest BCUT2D eigenvalue weighted by Crippen LogP contribution is -2.38. The second-order valence-corrected chi connectivity index (χ2v) is 8.08. The Labute approximate surface area is 176 Å². The number of aromatic nitrogens is 1. The number of urea groups is 1. The highest BCUT2D eigenvalue weighted by atomic mass is 16.5. The van der Waals surface area contributed by atoms with E-state index in [9.17, 15) is 4.79 Å². The highest BCUT2D eigenvalue weighted by Gasteiger charge is 2.23. The van der Waals surface area contributed by atoms with Crippen LogP contribution in [-0.4, -0.2) is 35.2 Å². The maximum atomic E-state index is 12.2. The number of nitrogens with zero attached hydrogens (tertiary/aromatic N) is 2. The van der Waals surface area contributed by atoms with Crippen molar-refractivity contribution in [1.82, 2.24) is 20.7 Å². The smallest absolute Gasteiger partial charge is 0.315 e. The van der Waals surface area contributed by atoms with Gasteiger partial charge in [-0.15, -0.1) is 0 Å². The monoisotopic (exact) mass is 410 g/mol. The van der Waals surface area contributed by atoms with Gasteiger partial charge in [0.2, 0.25) is 0 Å². The zero-order chi connectivity index (χ0) is 20.8. The molecule has 0 aliphatic heterocycles. The average molecular weight is 411 g/mol. The van der Waals surface area contributed by atoms with Crippen LogP contribution in [0.4, 0.5) is 4.79 Å². The van der Waals surface area contributed by atoms with Crippen LogP contribution in [-0.2, 0) is 13.1 Å². The van der Waals surface area contributed by atoms with Crippen molar-refractivity contribution in [3.63, 3.8) is 0 Å². The molecule has 0 radical (unpaired) electrons. The van der Waals surface area contributed by atoms with Gasteiger partial charge in [0.1, 0.15) is 11.5 Å². The lowest BCUT2D eigenvalue weighted by atomic mass is 10.1. The van der Waals surface area contributed by atoms with Crippen LogP contribution in [0.2, 0.25) is 0 Å². The predicted octanol–water partition coefficient (Wildman–Crippen LogP) is 4.36. The molecule has 1 aliphatic carbocycles. The van der Waals surface area contributed by atoms with E-state index in [1.54, 1.807) is 6.26 Å². The summed E-state index contributed by atoms with van der Waals surface area (Å²) in [7, 11) is 0. The van der Waals surface area contributed by atoms with Crippen LogP contribution >= 0.6 is 0 Å². The normalized spacial score (nSPS) is 14.6. The molecule has 1 aromatic carbocycles. The van der Waals surface area contributed by atoms with Crippen molar-refractivity contribution in [1.29, 1.82) is 0 Å². The second-order valence-electron chi connectivity index (χ2n) is 8.08. The van der Waals surface area contributed by atoms with Crippen molar-refractivity contribution >= 4 is 17.0 Å². The summed E-state index contributed by atoms with van der Waals surface area (Å²) in [6.07, 6.45) is 7.73. The van der Waals surface area contributed by atoms with Crippen LogP contribution in [0.15, 0.2) is 45.5 Å². The maximum Gasteiger partial charge on any atom is 0.315 e. The number of fused-ring (bicyclic) bond motifs is 1. The number of aryl methyl sites for hydroxylation is 1. The Bertz CT molecular complexity index is 945. The minimum absolute atomic E-state index is 0.183. The van der Waals surface area contributed by atoms with E-state index in [0.717, 1.165) is 47.5 Å². The van der Waals surface area contributed by atoms with E-state index in [-0.39, 0.29) is 6.03 Å². The van der Waals surface area contributed by atoms with E-state index < -0.39 is 0 Å². The molecule has 0 unspecified atom stereocenters. The molecule has 160 valence electrons. The van der Waals surface area contributed by atoms with Gasteiger partial charge in [0, 0.05) is 24.5 Å². The quantitative estimate of drug-likeness (QED) is 0.512. The fourth-order valence-corrected chi connectivity index (χ4v) is 4.20. The summed E-state index contributed by atoms with van der Waals surface area (Å²) < 4.78 is 10.9. The average Bonchev–Trinajstić information content (AvgIpc) is 3.50. The second kappa shape index (κ2) is 9.80. The molecule has 0 bridgehead atoms. The number of furan rings is 1. The highest BCUT2D eigenvalue weighted by molar-refractivity contribution is 5.81. The van der Waals surface area contributed by atoms with Crippen LogP contribution in [0.1, 0.15) is 49.1 Å². The fourth-order valence-electron chi connectivity index (χ4n) is 4.20. The number of amides is 2. The van der Waals surface area contributed by atoms with Gasteiger partial charge < -0.3 is 19.6 Å². The molecule has 1 fully saturated rings. The third kappa shape index (κ3) is 5.21. The highest BCUT2D eigenvalue weighted by Crippen LogP contribution is 2.25. The Kier molecular flexibility index (Phi) is 6.69. The van der Waals surface area contributed by atoms with E-state index in [0.29, 0.717) is 19.1 Å². The topological polar surface area (TPSA) is 83.5 Å². The minimum atomic E-state index is -0.183. The van der Waals surface area contributed by atoms with Crippen molar-refractivity contribution < 1.29 is 13.7 Å². The molecule has 2 amide bonds. The first-order valence-electron chi connectivity index (χ1n) is 10.8. The van der Waals surface area contributed by atoms with Crippen molar-refractivity contribution in [3.05, 3.63) is 53.6 Å². The number of nitrogens with one attached hydrogen (secondary N) is 2. The molecule has 3 aromatic rings. The first-order chi connectivity index (χ1) is 14.7. The molecule has 1 aliphatic rings. The summed E-state index contributed by atoms with van der Waals surface area (Å²) in [5.74, 6) is 1.00. The molecule has 1 saturated carbocycles. The first-order valence-corrected chi connectivity index (χ1v) is 10.8. The number of carbonyl (C=O) groups is 1. The van der Waals surface area contributed by atoms with Gasteiger partial charge in [-0.05, 0) is 50.5 Å². The van der Waals surface area contributed by atoms with Crippen molar-refractivity contribution in [2.24, 2.45) is 0 Å². The van der Waals surface area contributed by atoms with E-state index >= 15 is 0 Å². The van der Waals surface area contributed by atoms with Crippen LogP contribution in [0.5, 0.6) is 0 Å². The summed E-state index contributed by atoms with van der Waals surface area (Å²) in [6, 6.07) is 10.3. The molecular formula is C23H30N4O3. The summed E-state index contributed by atoms with van der Waals surface area (Å²) in [5, 5.41) is 10.8. The van der Waals surface area contributed by atoms with Crippen molar-refractivity contribution in [2.45, 2.75) is 58.2 Å². The molecule has 30 heavy (non-hydrogen) atoms. The van der Waals surface area contributed by atoms with Gasteiger partial charge in [-0.2, -0.15) is 0 Å². The van der Waals surface area contributed by atoms with Gasteiger partial charge in [0.05, 0.1) is 19.4 Å². The molecule has 0 spiro atoms. The third-order valence-corrected chi connectivity index (χ3v) is 5.80. The van der Waals surface area contributed by atoms with Crippen molar-refractivity contribution in [3.8, 4) is 0 Å². The molecule has 0 atom stereocenters. The maximum absolute atomic E-state index is 12.2.